The van der Waals surface area contributed by atoms with Gasteiger partial charge >= 0.3 is 0 Å². The molecule has 1 aliphatic rings. The normalized spacial score (nSPS) is 15.0. The lowest BCUT2D eigenvalue weighted by atomic mass is 9.86. The number of aromatic nitrogens is 6. The fourth-order valence-corrected chi connectivity index (χ4v) is 5.92. The van der Waals surface area contributed by atoms with Gasteiger partial charge in [0.2, 0.25) is 0 Å². The number of nitrogens with one attached hydrogen (secondary N) is 1. The number of ether oxygens (including phenoxy) is 2. The number of hydrogen-bond acceptors (Lipinski definition) is 8. The van der Waals surface area contributed by atoms with Crippen LogP contribution in [0.2, 0.25) is 0 Å². The molecule has 1 aliphatic heterocycles. The lowest BCUT2D eigenvalue weighted by Gasteiger charge is -2.33. The molecule has 0 aliphatic carbocycles. The number of rotatable bonds is 9. The van der Waals surface area contributed by atoms with E-state index in [1.807, 2.05) is 45.5 Å². The molecule has 1 saturated heterocycles. The van der Waals surface area contributed by atoms with Crippen molar-refractivity contribution in [1.82, 2.24) is 34.8 Å². The van der Waals surface area contributed by atoms with Crippen LogP contribution in [0, 0.1) is 11.7 Å². The summed E-state index contributed by atoms with van der Waals surface area (Å²) in [7, 11) is 7.37. The number of likely N-dealkylation sites (N-methyl/N-ethyl adjacent to an activating group) is 2. The summed E-state index contributed by atoms with van der Waals surface area (Å²) >= 11 is 0. The number of benzene rings is 1. The van der Waals surface area contributed by atoms with Crippen LogP contribution in [0.5, 0.6) is 5.88 Å². The van der Waals surface area contributed by atoms with Gasteiger partial charge in [-0.2, -0.15) is 0 Å². The Balaban J connectivity index is 1.65. The summed E-state index contributed by atoms with van der Waals surface area (Å²) in [4.78, 5) is 12.3. The Labute approximate surface area is 238 Å². The molecule has 0 spiro atoms. The average Bonchev–Trinajstić information content (AvgIpc) is 3.54. The van der Waals surface area contributed by atoms with Gasteiger partial charge < -0.3 is 24.3 Å². The second-order valence-electron chi connectivity index (χ2n) is 10.5. The highest BCUT2D eigenvalue weighted by Crippen LogP contribution is 2.42. The predicted molar refractivity (Wildman–Crippen MR) is 157 cm³/mol. The van der Waals surface area contributed by atoms with Gasteiger partial charge in [-0.25, -0.2) is 14.1 Å². The number of methoxy groups -OCH3 is 1. The number of pyridine rings is 2. The molecule has 6 rings (SSSR count). The molecule has 4 aromatic heterocycles. The molecule has 0 radical (unpaired) electrons. The SMILES string of the molecule is CNCCN(C)c1ccc2c3ncc(-c4c(OC)nnn4C)cc3n([C@H](c3ccccc3F)C3CCOCC3)c2n1. The maximum atomic E-state index is 15.7. The van der Waals surface area contributed by atoms with Crippen molar-refractivity contribution in [3.05, 3.63) is 60.0 Å². The fraction of sp³-hybridized carbons (Fsp3) is 0.400. The second-order valence-corrected chi connectivity index (χ2v) is 10.5. The van der Waals surface area contributed by atoms with E-state index in [-0.39, 0.29) is 17.8 Å². The maximum absolute atomic E-state index is 15.7. The van der Waals surface area contributed by atoms with Crippen molar-refractivity contribution in [2.45, 2.75) is 18.9 Å². The van der Waals surface area contributed by atoms with Crippen LogP contribution in [-0.2, 0) is 11.8 Å². The minimum atomic E-state index is -0.311. The largest absolute Gasteiger partial charge is 0.478 e. The Morgan fingerprint density at radius 1 is 1.20 bits per heavy atom. The van der Waals surface area contributed by atoms with Gasteiger partial charge in [-0.3, -0.25) is 4.98 Å². The van der Waals surface area contributed by atoms with Gasteiger partial charge in [-0.05, 0) is 50.1 Å². The molecule has 0 saturated carbocycles. The van der Waals surface area contributed by atoms with E-state index in [0.29, 0.717) is 30.4 Å². The first-order valence-corrected chi connectivity index (χ1v) is 13.9. The lowest BCUT2D eigenvalue weighted by molar-refractivity contribution is 0.0548. The lowest BCUT2D eigenvalue weighted by Crippen LogP contribution is -2.29. The van der Waals surface area contributed by atoms with Crippen LogP contribution in [0.15, 0.2) is 48.7 Å². The van der Waals surface area contributed by atoms with Crippen molar-refractivity contribution in [3.8, 4) is 17.1 Å². The van der Waals surface area contributed by atoms with Crippen molar-refractivity contribution < 1.29 is 13.9 Å². The first kappa shape index (κ1) is 27.1. The summed E-state index contributed by atoms with van der Waals surface area (Å²) in [6.45, 7) is 2.89. The zero-order valence-electron chi connectivity index (χ0n) is 23.8. The van der Waals surface area contributed by atoms with E-state index in [9.17, 15) is 0 Å². The van der Waals surface area contributed by atoms with Crippen molar-refractivity contribution in [1.29, 1.82) is 0 Å². The van der Waals surface area contributed by atoms with Crippen molar-refractivity contribution in [2.75, 3.05) is 52.4 Å². The van der Waals surface area contributed by atoms with E-state index in [1.165, 1.54) is 6.07 Å². The average molecular weight is 559 g/mol. The summed E-state index contributed by atoms with van der Waals surface area (Å²) in [5.74, 6) is 1.16. The summed E-state index contributed by atoms with van der Waals surface area (Å²) in [5.41, 5.74) is 4.60. The molecule has 41 heavy (non-hydrogen) atoms. The van der Waals surface area contributed by atoms with E-state index in [2.05, 4.69) is 37.2 Å². The minimum Gasteiger partial charge on any atom is -0.478 e. The van der Waals surface area contributed by atoms with Crippen LogP contribution in [-0.4, -0.2) is 77.0 Å². The van der Waals surface area contributed by atoms with E-state index in [1.54, 1.807) is 17.9 Å². The molecular weight excluding hydrogens is 523 g/mol. The molecule has 0 unspecified atom stereocenters. The molecule has 10 nitrogen and oxygen atoms in total. The molecule has 11 heteroatoms. The Hall–Kier alpha value is -4.09. The Kier molecular flexibility index (Phi) is 7.55. The van der Waals surface area contributed by atoms with Crippen LogP contribution in [0.4, 0.5) is 10.2 Å². The number of aryl methyl sites for hydroxylation is 1. The molecule has 1 N–H and O–H groups in total. The Morgan fingerprint density at radius 2 is 2.00 bits per heavy atom. The van der Waals surface area contributed by atoms with E-state index < -0.39 is 0 Å². The first-order chi connectivity index (χ1) is 20.0. The molecule has 5 aromatic rings. The Morgan fingerprint density at radius 3 is 2.76 bits per heavy atom. The summed E-state index contributed by atoms with van der Waals surface area (Å²) in [6, 6.07) is 12.9. The smallest absolute Gasteiger partial charge is 0.261 e. The molecule has 1 fully saturated rings. The van der Waals surface area contributed by atoms with E-state index in [0.717, 1.165) is 59.4 Å². The maximum Gasteiger partial charge on any atom is 0.261 e. The standard InChI is InChI=1S/C30H35FN8O2/c1-32-13-14-37(2)25-10-9-22-26-24(17-20(18-33-26)28-30(40-4)35-36-38(28)3)39(29(22)34-25)27(19-11-15-41-16-12-19)21-7-5-6-8-23(21)31/h5-10,17-19,27,32H,11-16H2,1-4H3/t27-/m0/s1. The third-order valence-corrected chi connectivity index (χ3v) is 8.04. The fourth-order valence-electron chi connectivity index (χ4n) is 5.92. The Bertz CT molecular complexity index is 1680. The molecular formula is C30H35FN8O2. The van der Waals surface area contributed by atoms with Gasteiger partial charge in [-0.15, -0.1) is 0 Å². The van der Waals surface area contributed by atoms with Gasteiger partial charge in [0.25, 0.3) is 5.88 Å². The number of anilines is 1. The van der Waals surface area contributed by atoms with Crippen molar-refractivity contribution in [2.24, 2.45) is 13.0 Å². The minimum absolute atomic E-state index is 0.142. The zero-order chi connectivity index (χ0) is 28.5. The highest BCUT2D eigenvalue weighted by atomic mass is 19.1. The van der Waals surface area contributed by atoms with Crippen LogP contribution in [0.25, 0.3) is 33.3 Å². The highest BCUT2D eigenvalue weighted by Gasteiger charge is 2.32. The number of halogens is 1. The monoisotopic (exact) mass is 558 g/mol. The van der Waals surface area contributed by atoms with Gasteiger partial charge in [-0.1, -0.05) is 28.5 Å². The molecule has 214 valence electrons. The molecule has 0 bridgehead atoms. The van der Waals surface area contributed by atoms with Crippen LogP contribution in [0.1, 0.15) is 24.4 Å². The van der Waals surface area contributed by atoms with Crippen LogP contribution < -0.4 is 15.0 Å². The molecule has 1 aromatic carbocycles. The van der Waals surface area contributed by atoms with Crippen LogP contribution >= 0.6 is 0 Å². The first-order valence-electron chi connectivity index (χ1n) is 13.9. The van der Waals surface area contributed by atoms with E-state index in [4.69, 9.17) is 19.4 Å². The van der Waals surface area contributed by atoms with Gasteiger partial charge in [0.1, 0.15) is 23.0 Å². The zero-order valence-corrected chi connectivity index (χ0v) is 23.8. The van der Waals surface area contributed by atoms with Crippen molar-refractivity contribution in [3.63, 3.8) is 0 Å². The molecule has 5 heterocycles. The highest BCUT2D eigenvalue weighted by molar-refractivity contribution is 6.05. The van der Waals surface area contributed by atoms with Gasteiger partial charge in [0.15, 0.2) is 0 Å². The van der Waals surface area contributed by atoms with Gasteiger partial charge in [0, 0.05) is 63.1 Å². The second kappa shape index (κ2) is 11.4. The van der Waals surface area contributed by atoms with Crippen LogP contribution in [0.3, 0.4) is 0 Å². The predicted octanol–water partition coefficient (Wildman–Crippen LogP) is 4.20. The summed E-state index contributed by atoms with van der Waals surface area (Å²) in [6.07, 6.45) is 3.44. The topological polar surface area (TPSA) is 95.2 Å². The molecule has 1 atom stereocenters. The van der Waals surface area contributed by atoms with Crippen molar-refractivity contribution >= 4 is 27.9 Å². The van der Waals surface area contributed by atoms with E-state index >= 15 is 4.39 Å². The number of nitrogens with zero attached hydrogens (tertiary/aromatic N) is 7. The number of hydrogen-bond donors (Lipinski definition) is 1. The quantitative estimate of drug-likeness (QED) is 0.288. The molecule has 0 amide bonds. The summed E-state index contributed by atoms with van der Waals surface area (Å²) < 4.78 is 30.8. The third-order valence-electron chi connectivity index (χ3n) is 8.04. The third kappa shape index (κ3) is 4.89. The van der Waals surface area contributed by atoms with Gasteiger partial charge in [0.05, 0.1) is 24.2 Å². The summed E-state index contributed by atoms with van der Waals surface area (Å²) in [5, 5.41) is 12.4. The number of fused-ring (bicyclic) bond motifs is 3.